The smallest absolute Gasteiger partial charge is 0.317 e. The van der Waals surface area contributed by atoms with Crippen molar-refractivity contribution in [1.82, 2.24) is 15.5 Å². The van der Waals surface area contributed by atoms with Crippen molar-refractivity contribution in [3.63, 3.8) is 0 Å². The van der Waals surface area contributed by atoms with Gasteiger partial charge < -0.3 is 20.6 Å². The summed E-state index contributed by atoms with van der Waals surface area (Å²) in [5.74, 6) is 0.311. The molecule has 0 aliphatic carbocycles. The molecule has 2 atom stereocenters. The van der Waals surface area contributed by atoms with Gasteiger partial charge in [0.05, 0.1) is 0 Å². The molecule has 0 unspecified atom stereocenters. The number of nitrogens with one attached hydrogen (secondary N) is 2. The topological polar surface area (TPSA) is 64.6 Å². The molecule has 1 aromatic rings. The van der Waals surface area contributed by atoms with Crippen LogP contribution in [0.1, 0.15) is 32.3 Å². The normalized spacial score (nSPS) is 19.2. The maximum absolute atomic E-state index is 11.8. The number of carbonyl (C=O) groups is 1. The van der Waals surface area contributed by atoms with Crippen LogP contribution in [0.3, 0.4) is 0 Å². The van der Waals surface area contributed by atoms with E-state index in [0.717, 1.165) is 32.4 Å². The highest BCUT2D eigenvalue weighted by Gasteiger charge is 2.26. The number of phenolic OH excluding ortho intramolecular Hbond substituents is 1. The van der Waals surface area contributed by atoms with Crippen molar-refractivity contribution in [3.05, 3.63) is 29.8 Å². The Bertz CT molecular complexity index is 475. The van der Waals surface area contributed by atoms with E-state index in [1.807, 2.05) is 24.0 Å². The second-order valence-corrected chi connectivity index (χ2v) is 6.04. The number of urea groups is 1. The summed E-state index contributed by atoms with van der Waals surface area (Å²) in [6.07, 6.45) is 3.05. The van der Waals surface area contributed by atoms with Crippen LogP contribution < -0.4 is 10.6 Å². The molecule has 0 bridgehead atoms. The van der Waals surface area contributed by atoms with E-state index in [2.05, 4.69) is 17.6 Å². The quantitative estimate of drug-likeness (QED) is 0.754. The van der Waals surface area contributed by atoms with Crippen LogP contribution in [0.25, 0.3) is 0 Å². The van der Waals surface area contributed by atoms with Crippen LogP contribution in [0.2, 0.25) is 0 Å². The van der Waals surface area contributed by atoms with Gasteiger partial charge in [0.15, 0.2) is 0 Å². The van der Waals surface area contributed by atoms with Crippen LogP contribution in [-0.4, -0.2) is 47.8 Å². The Morgan fingerprint density at radius 1 is 1.41 bits per heavy atom. The number of aromatic hydroxyl groups is 1. The molecule has 1 heterocycles. The van der Waals surface area contributed by atoms with Crippen molar-refractivity contribution < 1.29 is 9.90 Å². The van der Waals surface area contributed by atoms with Crippen molar-refractivity contribution in [2.45, 2.75) is 45.2 Å². The van der Waals surface area contributed by atoms with E-state index < -0.39 is 0 Å². The number of carbonyl (C=O) groups excluding carboxylic acids is 1. The summed E-state index contributed by atoms with van der Waals surface area (Å²) < 4.78 is 0. The van der Waals surface area contributed by atoms with Gasteiger partial charge in [0.2, 0.25) is 0 Å². The molecule has 1 aromatic carbocycles. The fourth-order valence-electron chi connectivity index (χ4n) is 2.88. The zero-order valence-corrected chi connectivity index (χ0v) is 13.5. The third kappa shape index (κ3) is 4.91. The molecule has 1 saturated heterocycles. The maximum Gasteiger partial charge on any atom is 0.317 e. The van der Waals surface area contributed by atoms with Crippen LogP contribution in [0.5, 0.6) is 5.75 Å². The molecule has 0 aromatic heterocycles. The van der Waals surface area contributed by atoms with Crippen LogP contribution >= 0.6 is 0 Å². The minimum Gasteiger partial charge on any atom is -0.508 e. The molecule has 5 nitrogen and oxygen atoms in total. The highest BCUT2D eigenvalue weighted by molar-refractivity contribution is 5.74. The summed E-state index contributed by atoms with van der Waals surface area (Å²) in [5, 5.41) is 15.7. The van der Waals surface area contributed by atoms with Gasteiger partial charge in [-0.25, -0.2) is 4.79 Å². The highest BCUT2D eigenvalue weighted by Crippen LogP contribution is 2.14. The fourth-order valence-corrected chi connectivity index (χ4v) is 2.88. The van der Waals surface area contributed by atoms with E-state index >= 15 is 0 Å². The minimum absolute atomic E-state index is 0.0450. The lowest BCUT2D eigenvalue weighted by Crippen LogP contribution is -2.42. The summed E-state index contributed by atoms with van der Waals surface area (Å²) in [5.41, 5.74) is 1.24. The molecular weight excluding hydrogens is 278 g/mol. The number of aryl methyl sites for hydroxylation is 1. The third-order valence-corrected chi connectivity index (χ3v) is 4.13. The number of amides is 2. The Labute approximate surface area is 132 Å². The number of hydrogen-bond acceptors (Lipinski definition) is 3. The van der Waals surface area contributed by atoms with E-state index in [1.165, 1.54) is 5.56 Å². The predicted octanol–water partition coefficient (Wildman–Crippen LogP) is 2.11. The van der Waals surface area contributed by atoms with E-state index in [9.17, 15) is 9.90 Å². The van der Waals surface area contributed by atoms with Crippen LogP contribution in [0, 0.1) is 0 Å². The zero-order chi connectivity index (χ0) is 15.9. The lowest BCUT2D eigenvalue weighted by molar-refractivity contribution is 0.208. The number of benzene rings is 1. The van der Waals surface area contributed by atoms with Gasteiger partial charge in [0.1, 0.15) is 5.75 Å². The van der Waals surface area contributed by atoms with Crippen LogP contribution in [0.15, 0.2) is 24.3 Å². The molecule has 5 heteroatoms. The van der Waals surface area contributed by atoms with E-state index in [1.54, 1.807) is 12.1 Å². The average molecular weight is 305 g/mol. The van der Waals surface area contributed by atoms with Gasteiger partial charge in [-0.2, -0.15) is 0 Å². The standard InChI is InChI=1S/C17H27N3O2/c1-3-18-17(22)20-11-10-15(12-20)19-13(2)4-5-14-6-8-16(21)9-7-14/h6-9,13,15,19,21H,3-5,10-12H2,1-2H3,(H,18,22)/t13-,15+/m1/s1. The number of hydrogen-bond donors (Lipinski definition) is 3. The van der Waals surface area contributed by atoms with Crippen molar-refractivity contribution in [2.75, 3.05) is 19.6 Å². The fraction of sp³-hybridized carbons (Fsp3) is 0.588. The Balaban J connectivity index is 1.70. The summed E-state index contributed by atoms with van der Waals surface area (Å²) in [6.45, 7) is 6.42. The van der Waals surface area contributed by atoms with Gasteiger partial charge >= 0.3 is 6.03 Å². The monoisotopic (exact) mass is 305 g/mol. The average Bonchev–Trinajstić information content (AvgIpc) is 2.95. The molecular formula is C17H27N3O2. The SMILES string of the molecule is CCNC(=O)N1CC[C@H](N[C@H](C)CCc2ccc(O)cc2)C1. The second-order valence-electron chi connectivity index (χ2n) is 6.04. The van der Waals surface area contributed by atoms with E-state index in [-0.39, 0.29) is 6.03 Å². The van der Waals surface area contributed by atoms with Gasteiger partial charge in [-0.05, 0) is 50.8 Å². The second kappa shape index (κ2) is 8.03. The third-order valence-electron chi connectivity index (χ3n) is 4.13. The molecule has 2 rings (SSSR count). The first-order valence-corrected chi connectivity index (χ1v) is 8.15. The van der Waals surface area contributed by atoms with Crippen molar-refractivity contribution >= 4 is 6.03 Å². The minimum atomic E-state index is 0.0450. The van der Waals surface area contributed by atoms with Crippen molar-refractivity contribution in [1.29, 1.82) is 0 Å². The van der Waals surface area contributed by atoms with Gasteiger partial charge in [0, 0.05) is 31.7 Å². The van der Waals surface area contributed by atoms with E-state index in [0.29, 0.717) is 24.4 Å². The number of phenols is 1. The number of likely N-dealkylation sites (tertiary alicyclic amines) is 1. The Kier molecular flexibility index (Phi) is 6.07. The first-order chi connectivity index (χ1) is 10.6. The lowest BCUT2D eigenvalue weighted by Gasteiger charge is -2.20. The van der Waals surface area contributed by atoms with Crippen LogP contribution in [0.4, 0.5) is 4.79 Å². The zero-order valence-electron chi connectivity index (χ0n) is 13.5. The molecule has 3 N–H and O–H groups in total. The summed E-state index contributed by atoms with van der Waals surface area (Å²) in [6, 6.07) is 8.24. The molecule has 0 radical (unpaired) electrons. The molecule has 1 fully saturated rings. The first-order valence-electron chi connectivity index (χ1n) is 8.15. The van der Waals surface area contributed by atoms with Crippen LogP contribution in [-0.2, 0) is 6.42 Å². The molecule has 1 aliphatic rings. The first kappa shape index (κ1) is 16.6. The summed E-state index contributed by atoms with van der Waals surface area (Å²) >= 11 is 0. The molecule has 0 saturated carbocycles. The highest BCUT2D eigenvalue weighted by atomic mass is 16.3. The Morgan fingerprint density at radius 3 is 2.82 bits per heavy atom. The molecule has 2 amide bonds. The van der Waals surface area contributed by atoms with Crippen molar-refractivity contribution in [2.24, 2.45) is 0 Å². The summed E-state index contributed by atoms with van der Waals surface area (Å²) in [7, 11) is 0. The van der Waals surface area contributed by atoms with Gasteiger partial charge in [-0.15, -0.1) is 0 Å². The predicted molar refractivity (Wildman–Crippen MR) is 88.1 cm³/mol. The number of rotatable bonds is 6. The number of nitrogens with zero attached hydrogens (tertiary/aromatic N) is 1. The van der Waals surface area contributed by atoms with Gasteiger partial charge in [0.25, 0.3) is 0 Å². The molecule has 22 heavy (non-hydrogen) atoms. The Hall–Kier alpha value is -1.75. The lowest BCUT2D eigenvalue weighted by atomic mass is 10.1. The largest absolute Gasteiger partial charge is 0.508 e. The van der Waals surface area contributed by atoms with Crippen molar-refractivity contribution in [3.8, 4) is 5.75 Å². The van der Waals surface area contributed by atoms with Gasteiger partial charge in [-0.3, -0.25) is 0 Å². The maximum atomic E-state index is 11.8. The molecule has 122 valence electrons. The summed E-state index contributed by atoms with van der Waals surface area (Å²) in [4.78, 5) is 13.7. The van der Waals surface area contributed by atoms with E-state index in [4.69, 9.17) is 0 Å². The van der Waals surface area contributed by atoms with Gasteiger partial charge in [-0.1, -0.05) is 12.1 Å². The molecule has 1 aliphatic heterocycles. The molecule has 0 spiro atoms. The Morgan fingerprint density at radius 2 is 2.14 bits per heavy atom.